The number of benzene rings is 1. The van der Waals surface area contributed by atoms with E-state index in [1.54, 1.807) is 18.3 Å². The Labute approximate surface area is 140 Å². The van der Waals surface area contributed by atoms with Crippen molar-refractivity contribution in [2.75, 3.05) is 12.3 Å². The molecule has 0 spiro atoms. The van der Waals surface area contributed by atoms with E-state index in [-0.39, 0.29) is 17.8 Å². The smallest absolute Gasteiger partial charge is 0.315 e. The van der Waals surface area contributed by atoms with Gasteiger partial charge in [0.2, 0.25) is 0 Å². The topological polar surface area (TPSA) is 65.2 Å². The number of rotatable bonds is 3. The second-order valence-corrected chi connectivity index (χ2v) is 6.31. The summed E-state index contributed by atoms with van der Waals surface area (Å²) < 4.78 is 5.16. The molecular formula is C18H19ClN2O2. The van der Waals surface area contributed by atoms with E-state index in [4.69, 9.17) is 22.1 Å². The van der Waals surface area contributed by atoms with Crippen LogP contribution in [0.4, 0.5) is 5.69 Å². The summed E-state index contributed by atoms with van der Waals surface area (Å²) in [6, 6.07) is 7.45. The van der Waals surface area contributed by atoms with Gasteiger partial charge in [-0.2, -0.15) is 0 Å². The van der Waals surface area contributed by atoms with Gasteiger partial charge in [0.25, 0.3) is 0 Å². The Bertz CT molecular complexity index is 761. The third-order valence-electron chi connectivity index (χ3n) is 4.30. The van der Waals surface area contributed by atoms with Gasteiger partial charge < -0.3 is 10.5 Å². The molecule has 2 aromatic rings. The van der Waals surface area contributed by atoms with Crippen molar-refractivity contribution in [3.63, 3.8) is 0 Å². The van der Waals surface area contributed by atoms with Crippen molar-refractivity contribution >= 4 is 23.3 Å². The maximum Gasteiger partial charge on any atom is 0.315 e. The molecule has 1 aromatic heterocycles. The largest absolute Gasteiger partial charge is 0.465 e. The number of carbonyl (C=O) groups excluding carboxylic acids is 1. The number of nitrogens with two attached hydrogens (primary N) is 1. The molecule has 2 unspecified atom stereocenters. The van der Waals surface area contributed by atoms with Gasteiger partial charge in [-0.15, -0.1) is 0 Å². The summed E-state index contributed by atoms with van der Waals surface area (Å²) in [5.74, 6) is -0.210. The molecule has 23 heavy (non-hydrogen) atoms. The van der Waals surface area contributed by atoms with Gasteiger partial charge in [0.05, 0.1) is 18.2 Å². The van der Waals surface area contributed by atoms with Crippen LogP contribution in [-0.2, 0) is 9.53 Å². The molecule has 0 saturated carbocycles. The lowest BCUT2D eigenvalue weighted by Gasteiger charge is -2.11. The lowest BCUT2D eigenvalue weighted by Crippen LogP contribution is -2.14. The second-order valence-electron chi connectivity index (χ2n) is 5.87. The number of anilines is 1. The second kappa shape index (κ2) is 6.20. The maximum atomic E-state index is 12.1. The first-order valence-electron chi connectivity index (χ1n) is 7.73. The Morgan fingerprint density at radius 1 is 1.43 bits per heavy atom. The fourth-order valence-corrected chi connectivity index (χ4v) is 3.32. The summed E-state index contributed by atoms with van der Waals surface area (Å²) in [6.45, 7) is 4.30. The minimum atomic E-state index is -0.272. The van der Waals surface area contributed by atoms with E-state index in [2.05, 4.69) is 18.0 Å². The lowest BCUT2D eigenvalue weighted by atomic mass is 9.99. The van der Waals surface area contributed by atoms with Gasteiger partial charge in [-0.1, -0.05) is 18.5 Å². The SMILES string of the molecule is CCOC(=O)C1CC(C)c2cc(-c3cc(Cl)ccc3N)cnc21. The van der Waals surface area contributed by atoms with Crippen molar-refractivity contribution in [3.8, 4) is 11.1 Å². The third kappa shape index (κ3) is 2.91. The number of esters is 1. The number of fused-ring (bicyclic) bond motifs is 1. The fraction of sp³-hybridized carbons (Fsp3) is 0.333. The third-order valence-corrected chi connectivity index (χ3v) is 4.53. The molecule has 5 heteroatoms. The summed E-state index contributed by atoms with van der Waals surface area (Å²) in [4.78, 5) is 16.6. The highest BCUT2D eigenvalue weighted by molar-refractivity contribution is 6.31. The molecule has 1 aliphatic carbocycles. The Hall–Kier alpha value is -2.07. The van der Waals surface area contributed by atoms with Gasteiger partial charge >= 0.3 is 5.97 Å². The number of nitrogens with zero attached hydrogens (tertiary/aromatic N) is 1. The highest BCUT2D eigenvalue weighted by Gasteiger charge is 2.35. The fourth-order valence-electron chi connectivity index (χ4n) is 3.15. The van der Waals surface area contributed by atoms with Crippen LogP contribution in [0.1, 0.15) is 43.4 Å². The molecule has 0 radical (unpaired) electrons. The van der Waals surface area contributed by atoms with Crippen LogP contribution in [-0.4, -0.2) is 17.6 Å². The van der Waals surface area contributed by atoms with E-state index in [1.165, 1.54) is 0 Å². The van der Waals surface area contributed by atoms with E-state index >= 15 is 0 Å². The first kappa shape index (κ1) is 15.8. The van der Waals surface area contributed by atoms with Crippen LogP contribution >= 0.6 is 11.6 Å². The van der Waals surface area contributed by atoms with Crippen LogP contribution in [0.25, 0.3) is 11.1 Å². The highest BCUT2D eigenvalue weighted by Crippen LogP contribution is 2.43. The standard InChI is InChI=1S/C18H19ClN2O2/c1-3-23-18(22)15-6-10(2)13-7-11(9-21-17(13)15)14-8-12(19)4-5-16(14)20/h4-5,7-10,15H,3,6,20H2,1-2H3. The van der Waals surface area contributed by atoms with Gasteiger partial charge in [0.15, 0.2) is 0 Å². The van der Waals surface area contributed by atoms with Crippen molar-refractivity contribution in [2.45, 2.75) is 32.1 Å². The Kier molecular flexibility index (Phi) is 4.26. The monoisotopic (exact) mass is 330 g/mol. The van der Waals surface area contributed by atoms with Crippen molar-refractivity contribution in [3.05, 3.63) is 46.7 Å². The number of halogens is 1. The number of ether oxygens (including phenoxy) is 1. The van der Waals surface area contributed by atoms with Gasteiger partial charge in [0, 0.05) is 28.0 Å². The molecule has 1 heterocycles. The molecular weight excluding hydrogens is 312 g/mol. The molecule has 0 amide bonds. The molecule has 120 valence electrons. The molecule has 1 aliphatic rings. The quantitative estimate of drug-likeness (QED) is 0.678. The molecule has 3 rings (SSSR count). The molecule has 1 aromatic carbocycles. The highest BCUT2D eigenvalue weighted by atomic mass is 35.5. The summed E-state index contributed by atoms with van der Waals surface area (Å²) in [5.41, 5.74) is 10.4. The number of hydrogen-bond acceptors (Lipinski definition) is 4. The summed E-state index contributed by atoms with van der Waals surface area (Å²) in [6.07, 6.45) is 2.49. The van der Waals surface area contributed by atoms with Gasteiger partial charge in [-0.05, 0) is 49.1 Å². The Morgan fingerprint density at radius 3 is 2.96 bits per heavy atom. The van der Waals surface area contributed by atoms with Crippen LogP contribution in [0.15, 0.2) is 30.5 Å². The average molecular weight is 331 g/mol. The first-order chi connectivity index (χ1) is 11.0. The first-order valence-corrected chi connectivity index (χ1v) is 8.11. The Morgan fingerprint density at radius 2 is 2.22 bits per heavy atom. The number of pyridine rings is 1. The molecule has 2 N–H and O–H groups in total. The summed E-state index contributed by atoms with van der Waals surface area (Å²) >= 11 is 6.08. The zero-order chi connectivity index (χ0) is 16.6. The predicted molar refractivity (Wildman–Crippen MR) is 91.5 cm³/mol. The number of hydrogen-bond donors (Lipinski definition) is 1. The molecule has 4 nitrogen and oxygen atoms in total. The minimum absolute atomic E-state index is 0.194. The zero-order valence-electron chi connectivity index (χ0n) is 13.2. The maximum absolute atomic E-state index is 12.1. The summed E-state index contributed by atoms with van der Waals surface area (Å²) in [7, 11) is 0. The van der Waals surface area contributed by atoms with Gasteiger partial charge in [-0.25, -0.2) is 0 Å². The average Bonchev–Trinajstić information content (AvgIpc) is 2.87. The normalized spacial score (nSPS) is 19.4. The molecule has 0 fully saturated rings. The summed E-state index contributed by atoms with van der Waals surface area (Å²) in [5, 5.41) is 0.632. The van der Waals surface area contributed by atoms with E-state index in [1.807, 2.05) is 13.0 Å². The number of nitrogen functional groups attached to an aromatic ring is 1. The van der Waals surface area contributed by atoms with Crippen LogP contribution in [0.5, 0.6) is 0 Å². The van der Waals surface area contributed by atoms with Gasteiger partial charge in [-0.3, -0.25) is 9.78 Å². The van der Waals surface area contributed by atoms with Crippen LogP contribution in [0.2, 0.25) is 5.02 Å². The van der Waals surface area contributed by atoms with E-state index in [0.717, 1.165) is 28.8 Å². The van der Waals surface area contributed by atoms with E-state index in [9.17, 15) is 4.79 Å². The van der Waals surface area contributed by atoms with Crippen LogP contribution < -0.4 is 5.73 Å². The van der Waals surface area contributed by atoms with Crippen LogP contribution in [0.3, 0.4) is 0 Å². The van der Waals surface area contributed by atoms with Gasteiger partial charge in [0.1, 0.15) is 0 Å². The molecule has 0 aliphatic heterocycles. The molecule has 0 bridgehead atoms. The van der Waals surface area contributed by atoms with E-state index < -0.39 is 0 Å². The van der Waals surface area contributed by atoms with Crippen molar-refractivity contribution in [2.24, 2.45) is 0 Å². The van der Waals surface area contributed by atoms with Crippen LogP contribution in [0, 0.1) is 0 Å². The van der Waals surface area contributed by atoms with Crippen molar-refractivity contribution < 1.29 is 9.53 Å². The number of carbonyl (C=O) groups is 1. The number of aromatic nitrogens is 1. The molecule has 2 atom stereocenters. The molecule has 0 saturated heterocycles. The zero-order valence-corrected chi connectivity index (χ0v) is 13.9. The minimum Gasteiger partial charge on any atom is -0.465 e. The Balaban J connectivity index is 2.01. The van der Waals surface area contributed by atoms with Crippen molar-refractivity contribution in [1.29, 1.82) is 0 Å². The van der Waals surface area contributed by atoms with Crippen molar-refractivity contribution in [1.82, 2.24) is 4.98 Å². The predicted octanol–water partition coefficient (Wildman–Crippen LogP) is 4.14. The lowest BCUT2D eigenvalue weighted by molar-refractivity contribution is -0.145. The van der Waals surface area contributed by atoms with E-state index in [0.29, 0.717) is 17.3 Å².